The monoisotopic (exact) mass is 533 g/mol. The Bertz CT molecular complexity index is 1290. The highest BCUT2D eigenvalue weighted by molar-refractivity contribution is 6.01. The van der Waals surface area contributed by atoms with Crippen LogP contribution in [0, 0.1) is 0 Å². The Hall–Kier alpha value is -4.25. The maximum Gasteiger partial charge on any atom is 0.266 e. The lowest BCUT2D eigenvalue weighted by Gasteiger charge is -2.29. The van der Waals surface area contributed by atoms with Gasteiger partial charge in [-0.15, -0.1) is 0 Å². The highest BCUT2D eigenvalue weighted by Gasteiger charge is 2.38. The highest BCUT2D eigenvalue weighted by atomic mass is 16.4. The van der Waals surface area contributed by atoms with Crippen LogP contribution in [0.25, 0.3) is 11.1 Å². The molecule has 206 valence electrons. The molecule has 2 aromatic carbocycles. The maximum atomic E-state index is 13.5. The number of likely N-dealkylation sites (tertiary alicyclic amines) is 1. The van der Waals surface area contributed by atoms with Crippen molar-refractivity contribution in [3.8, 4) is 0 Å². The minimum Gasteiger partial charge on any atom is -0.434 e. The summed E-state index contributed by atoms with van der Waals surface area (Å²) < 4.78 is 5.67. The minimum absolute atomic E-state index is 0.0458. The van der Waals surface area contributed by atoms with E-state index in [-0.39, 0.29) is 30.1 Å². The van der Waals surface area contributed by atoms with Gasteiger partial charge in [-0.2, -0.15) is 0 Å². The van der Waals surface area contributed by atoms with Crippen molar-refractivity contribution >= 4 is 34.7 Å². The van der Waals surface area contributed by atoms with E-state index >= 15 is 0 Å². The second kappa shape index (κ2) is 13.0. The Morgan fingerprint density at radius 1 is 1.10 bits per heavy atom. The third kappa shape index (κ3) is 6.99. The number of amides is 2. The summed E-state index contributed by atoms with van der Waals surface area (Å²) in [6, 6.07) is 14.7. The van der Waals surface area contributed by atoms with Gasteiger partial charge in [-0.25, -0.2) is 4.98 Å². The van der Waals surface area contributed by atoms with Gasteiger partial charge in [0, 0.05) is 13.1 Å². The zero-order valence-corrected chi connectivity index (χ0v) is 22.0. The van der Waals surface area contributed by atoms with E-state index in [0.29, 0.717) is 49.9 Å². The number of oxazole rings is 1. The summed E-state index contributed by atoms with van der Waals surface area (Å²) in [6.07, 6.45) is 2.43. The largest absolute Gasteiger partial charge is 0.434 e. The van der Waals surface area contributed by atoms with E-state index in [1.54, 1.807) is 36.2 Å². The number of aromatic nitrogens is 1. The van der Waals surface area contributed by atoms with Gasteiger partial charge in [0.2, 0.25) is 17.6 Å². The second-order valence-corrected chi connectivity index (χ2v) is 9.58. The van der Waals surface area contributed by atoms with Gasteiger partial charge in [0.15, 0.2) is 11.5 Å². The summed E-state index contributed by atoms with van der Waals surface area (Å²) >= 11 is 0. The Balaban J connectivity index is 1.48. The smallest absolute Gasteiger partial charge is 0.266 e. The maximum absolute atomic E-state index is 13.5. The number of benzene rings is 2. The van der Waals surface area contributed by atoms with Crippen LogP contribution in [0.2, 0.25) is 0 Å². The Labute approximate surface area is 227 Å². The van der Waals surface area contributed by atoms with Crippen LogP contribution in [-0.2, 0) is 16.0 Å². The number of hydrogen-bond acceptors (Lipinski definition) is 7. The van der Waals surface area contributed by atoms with Crippen molar-refractivity contribution in [3.05, 3.63) is 66.1 Å². The molecule has 6 N–H and O–H groups in total. The lowest BCUT2D eigenvalue weighted by atomic mass is 10.0. The van der Waals surface area contributed by atoms with Crippen LogP contribution >= 0.6 is 0 Å². The summed E-state index contributed by atoms with van der Waals surface area (Å²) in [5.74, 6) is -1.10. The number of carbonyl (C=O) groups excluding carboxylic acids is 3. The number of fused-ring (bicyclic) bond motifs is 1. The fourth-order valence-electron chi connectivity index (χ4n) is 4.83. The van der Waals surface area contributed by atoms with E-state index in [1.807, 2.05) is 30.3 Å². The first-order valence-electron chi connectivity index (χ1n) is 13.1. The Morgan fingerprint density at radius 3 is 2.56 bits per heavy atom. The number of nitrogens with two attached hydrogens (primary N) is 2. The molecule has 4 rings (SSSR count). The lowest BCUT2D eigenvalue weighted by Crippen LogP contribution is -2.54. The van der Waals surface area contributed by atoms with Gasteiger partial charge in [-0.3, -0.25) is 19.4 Å². The third-order valence-electron chi connectivity index (χ3n) is 6.85. The zero-order valence-electron chi connectivity index (χ0n) is 22.0. The van der Waals surface area contributed by atoms with Crippen molar-refractivity contribution in [1.29, 1.82) is 0 Å². The van der Waals surface area contributed by atoms with Crippen LogP contribution in [0.5, 0.6) is 0 Å². The average Bonchev–Trinajstić information content (AvgIpc) is 3.61. The molecule has 0 radical (unpaired) electrons. The molecule has 1 saturated heterocycles. The van der Waals surface area contributed by atoms with Crippen LogP contribution in [0.15, 0.2) is 64.0 Å². The van der Waals surface area contributed by atoms with Crippen LogP contribution in [0.4, 0.5) is 0 Å². The molecule has 1 fully saturated rings. The first kappa shape index (κ1) is 27.8. The summed E-state index contributed by atoms with van der Waals surface area (Å²) in [5, 5.41) is 5.96. The van der Waals surface area contributed by atoms with E-state index in [0.717, 1.165) is 5.56 Å². The Kier molecular flexibility index (Phi) is 9.27. The summed E-state index contributed by atoms with van der Waals surface area (Å²) in [5.41, 5.74) is 12.9. The third-order valence-corrected chi connectivity index (χ3v) is 6.85. The molecule has 11 nitrogen and oxygen atoms in total. The van der Waals surface area contributed by atoms with E-state index < -0.39 is 23.9 Å². The number of likely N-dealkylation sites (N-methyl/N-ethyl adjacent to an activating group) is 1. The van der Waals surface area contributed by atoms with E-state index in [9.17, 15) is 14.4 Å². The molecule has 3 aromatic rings. The zero-order chi connectivity index (χ0) is 27.8. The predicted octanol–water partition coefficient (Wildman–Crippen LogP) is 1.37. The number of Topliss-reactive ketones (excluding diaryl/α,β-unsaturated/α-hetero) is 1. The van der Waals surface area contributed by atoms with Crippen molar-refractivity contribution < 1.29 is 18.8 Å². The molecule has 11 heteroatoms. The predicted molar refractivity (Wildman–Crippen MR) is 148 cm³/mol. The second-order valence-electron chi connectivity index (χ2n) is 9.58. The summed E-state index contributed by atoms with van der Waals surface area (Å²) in [7, 11) is 1.74. The molecule has 2 amide bonds. The molecule has 1 aliphatic heterocycles. The molecule has 0 spiro atoms. The number of rotatable bonds is 12. The van der Waals surface area contributed by atoms with E-state index in [2.05, 4.69) is 20.6 Å². The Morgan fingerprint density at radius 2 is 1.85 bits per heavy atom. The molecule has 3 atom stereocenters. The molecular formula is C28H35N7O4. The standard InChI is InChI=1S/C28H35N7O4/c1-31-21(17-18-9-3-2-4-10-18)27(38)35-16-8-13-22(35)25(37)33-20(12-7-15-32-28(29)30)24(36)26-34-19-11-5-6-14-23(19)39-26/h2-6,9-11,14,20-22,31H,7-8,12-13,15-17H2,1H3,(H,33,37)(H4,29,30,32)/t20-,21+,22-/m0/s1. The number of guanidine groups is 1. The van der Waals surface area contributed by atoms with Gasteiger partial charge >= 0.3 is 0 Å². The molecule has 39 heavy (non-hydrogen) atoms. The summed E-state index contributed by atoms with van der Waals surface area (Å²) in [6.45, 7) is 0.769. The van der Waals surface area contributed by atoms with E-state index in [4.69, 9.17) is 15.9 Å². The highest BCUT2D eigenvalue weighted by Crippen LogP contribution is 2.21. The first-order chi connectivity index (χ1) is 18.9. The molecule has 1 aromatic heterocycles. The van der Waals surface area contributed by atoms with Crippen LogP contribution in [0.1, 0.15) is 41.9 Å². The van der Waals surface area contributed by atoms with Crippen LogP contribution < -0.4 is 22.1 Å². The van der Waals surface area contributed by atoms with Gasteiger partial charge < -0.3 is 31.4 Å². The molecular weight excluding hydrogens is 498 g/mol. The number of carbonyl (C=O) groups is 3. The van der Waals surface area contributed by atoms with E-state index in [1.165, 1.54) is 0 Å². The number of nitrogens with one attached hydrogen (secondary N) is 2. The topological polar surface area (TPSA) is 169 Å². The van der Waals surface area contributed by atoms with Gasteiger partial charge in [0.1, 0.15) is 11.6 Å². The quantitative estimate of drug-likeness (QED) is 0.117. The number of aliphatic imine (C=N–C) groups is 1. The number of hydrogen-bond donors (Lipinski definition) is 4. The van der Waals surface area contributed by atoms with Crippen molar-refractivity contribution in [2.75, 3.05) is 20.1 Å². The SMILES string of the molecule is CN[C@H](Cc1ccccc1)C(=O)N1CCC[C@H]1C(=O)N[C@@H](CCCN=C(N)N)C(=O)c1nc2ccccc2o1. The van der Waals surface area contributed by atoms with Crippen molar-refractivity contribution in [2.24, 2.45) is 16.5 Å². The van der Waals surface area contributed by atoms with Gasteiger partial charge in [-0.05, 0) is 56.8 Å². The molecule has 0 bridgehead atoms. The van der Waals surface area contributed by atoms with Crippen LogP contribution in [-0.4, -0.2) is 71.7 Å². The van der Waals surface area contributed by atoms with Gasteiger partial charge in [-0.1, -0.05) is 42.5 Å². The van der Waals surface area contributed by atoms with Gasteiger partial charge in [0.05, 0.1) is 12.1 Å². The lowest BCUT2D eigenvalue weighted by molar-refractivity contribution is -0.140. The average molecular weight is 534 g/mol. The van der Waals surface area contributed by atoms with Gasteiger partial charge in [0.25, 0.3) is 5.89 Å². The van der Waals surface area contributed by atoms with Crippen molar-refractivity contribution in [2.45, 2.75) is 50.2 Å². The van der Waals surface area contributed by atoms with Crippen molar-refractivity contribution in [3.63, 3.8) is 0 Å². The number of nitrogens with zero attached hydrogens (tertiary/aromatic N) is 3. The molecule has 1 aliphatic rings. The number of para-hydroxylation sites is 2. The molecule has 2 heterocycles. The fourth-order valence-corrected chi connectivity index (χ4v) is 4.83. The first-order valence-corrected chi connectivity index (χ1v) is 13.1. The summed E-state index contributed by atoms with van der Waals surface area (Å²) in [4.78, 5) is 50.3. The number of ketones is 1. The van der Waals surface area contributed by atoms with Crippen molar-refractivity contribution in [1.82, 2.24) is 20.5 Å². The molecule has 0 aliphatic carbocycles. The molecule has 0 saturated carbocycles. The van der Waals surface area contributed by atoms with Crippen LogP contribution in [0.3, 0.4) is 0 Å². The fraction of sp³-hybridized carbons (Fsp3) is 0.393. The normalized spacial score (nSPS) is 16.5. The molecule has 0 unspecified atom stereocenters. The minimum atomic E-state index is -0.915.